The molecular formula is C14H14BrN5O2. The van der Waals surface area contributed by atoms with Crippen molar-refractivity contribution < 1.29 is 9.59 Å². The second kappa shape index (κ2) is 5.88. The van der Waals surface area contributed by atoms with Crippen LogP contribution in [0.25, 0.3) is 0 Å². The molecule has 0 aliphatic carbocycles. The molecule has 0 saturated heterocycles. The summed E-state index contributed by atoms with van der Waals surface area (Å²) in [6, 6.07) is 7.27. The molecule has 1 aliphatic rings. The highest BCUT2D eigenvalue weighted by atomic mass is 79.9. The first-order valence-corrected chi connectivity index (χ1v) is 7.58. The zero-order chi connectivity index (χ0) is 15.7. The number of amides is 2. The molecule has 114 valence electrons. The highest BCUT2D eigenvalue weighted by Gasteiger charge is 2.29. The Morgan fingerprint density at radius 3 is 2.91 bits per heavy atom. The highest BCUT2D eigenvalue weighted by Crippen LogP contribution is 2.20. The Kier molecular flexibility index (Phi) is 3.93. The molecule has 0 fully saturated rings. The average Bonchev–Trinajstić information content (AvgIpc) is 2.81. The van der Waals surface area contributed by atoms with Crippen LogP contribution in [0.5, 0.6) is 0 Å². The summed E-state index contributed by atoms with van der Waals surface area (Å²) in [5, 5.41) is 9.64. The molecule has 0 saturated carbocycles. The van der Waals surface area contributed by atoms with Crippen LogP contribution in [-0.2, 0) is 16.1 Å². The number of anilines is 2. The van der Waals surface area contributed by atoms with Gasteiger partial charge < -0.3 is 5.32 Å². The van der Waals surface area contributed by atoms with Crippen LogP contribution in [0.1, 0.15) is 12.2 Å². The number of carbonyl (C=O) groups excluding carboxylic acids is 2. The summed E-state index contributed by atoms with van der Waals surface area (Å²) < 4.78 is 2.56. The van der Waals surface area contributed by atoms with E-state index in [-0.39, 0.29) is 18.2 Å². The molecule has 7 nitrogen and oxygen atoms in total. The Morgan fingerprint density at radius 1 is 1.45 bits per heavy atom. The van der Waals surface area contributed by atoms with Crippen molar-refractivity contribution in [1.82, 2.24) is 14.8 Å². The Hall–Kier alpha value is -2.22. The molecule has 1 aliphatic heterocycles. The van der Waals surface area contributed by atoms with E-state index in [9.17, 15) is 9.59 Å². The van der Waals surface area contributed by atoms with Crippen LogP contribution in [0, 0.1) is 12.8 Å². The van der Waals surface area contributed by atoms with Gasteiger partial charge in [0.25, 0.3) is 0 Å². The SMILES string of the molecule is Cc1nc2n(n1)C[C@@H](CC(=O)Nc1ccc(Br)cc1)C(=O)N2. The van der Waals surface area contributed by atoms with E-state index < -0.39 is 5.92 Å². The molecule has 0 bridgehead atoms. The summed E-state index contributed by atoms with van der Waals surface area (Å²) in [6.45, 7) is 2.11. The van der Waals surface area contributed by atoms with Crippen molar-refractivity contribution >= 4 is 39.4 Å². The molecule has 22 heavy (non-hydrogen) atoms. The van der Waals surface area contributed by atoms with Crippen molar-refractivity contribution in [2.24, 2.45) is 5.92 Å². The minimum absolute atomic E-state index is 0.0975. The topological polar surface area (TPSA) is 88.9 Å². The van der Waals surface area contributed by atoms with Crippen molar-refractivity contribution in [3.05, 3.63) is 34.6 Å². The number of halogens is 1. The molecule has 2 N–H and O–H groups in total. The third-order valence-corrected chi connectivity index (χ3v) is 3.87. The molecule has 0 unspecified atom stereocenters. The number of nitrogens with zero attached hydrogens (tertiary/aromatic N) is 3. The van der Waals surface area contributed by atoms with E-state index in [2.05, 4.69) is 36.6 Å². The summed E-state index contributed by atoms with van der Waals surface area (Å²) in [4.78, 5) is 28.2. The average molecular weight is 364 g/mol. The molecule has 1 aromatic carbocycles. The Bertz CT molecular complexity index is 725. The monoisotopic (exact) mass is 363 g/mol. The van der Waals surface area contributed by atoms with Crippen molar-refractivity contribution in [3.63, 3.8) is 0 Å². The maximum Gasteiger partial charge on any atom is 0.232 e. The van der Waals surface area contributed by atoms with Gasteiger partial charge in [0.15, 0.2) is 0 Å². The molecule has 3 rings (SSSR count). The van der Waals surface area contributed by atoms with Crippen LogP contribution in [-0.4, -0.2) is 26.6 Å². The smallest absolute Gasteiger partial charge is 0.232 e. The molecule has 1 atom stereocenters. The van der Waals surface area contributed by atoms with Crippen molar-refractivity contribution in [1.29, 1.82) is 0 Å². The predicted molar refractivity (Wildman–Crippen MR) is 84.3 cm³/mol. The van der Waals surface area contributed by atoms with Gasteiger partial charge in [0.1, 0.15) is 5.82 Å². The third kappa shape index (κ3) is 3.16. The molecular weight excluding hydrogens is 350 g/mol. The quantitative estimate of drug-likeness (QED) is 0.871. The van der Waals surface area contributed by atoms with Crippen LogP contribution in [0.4, 0.5) is 11.6 Å². The fourth-order valence-electron chi connectivity index (χ4n) is 2.31. The summed E-state index contributed by atoms with van der Waals surface area (Å²) in [5.74, 6) is 0.167. The predicted octanol–water partition coefficient (Wildman–Crippen LogP) is 1.95. The van der Waals surface area contributed by atoms with E-state index in [1.165, 1.54) is 0 Å². The second-order valence-corrected chi connectivity index (χ2v) is 6.03. The van der Waals surface area contributed by atoms with Gasteiger partial charge in [-0.1, -0.05) is 15.9 Å². The Morgan fingerprint density at radius 2 is 2.18 bits per heavy atom. The van der Waals surface area contributed by atoms with Crippen LogP contribution in [0.3, 0.4) is 0 Å². The number of hydrogen-bond donors (Lipinski definition) is 2. The fraction of sp³-hybridized carbons (Fsp3) is 0.286. The molecule has 0 radical (unpaired) electrons. The number of hydrogen-bond acceptors (Lipinski definition) is 4. The van der Waals surface area contributed by atoms with Gasteiger partial charge in [-0.05, 0) is 31.2 Å². The lowest BCUT2D eigenvalue weighted by Gasteiger charge is -2.21. The van der Waals surface area contributed by atoms with Crippen LogP contribution in [0.15, 0.2) is 28.7 Å². The first-order chi connectivity index (χ1) is 10.5. The normalized spacial score (nSPS) is 16.8. The molecule has 2 heterocycles. The lowest BCUT2D eigenvalue weighted by molar-refractivity contribution is -0.125. The minimum Gasteiger partial charge on any atom is -0.326 e. The number of aromatic nitrogens is 3. The van der Waals surface area contributed by atoms with Crippen LogP contribution >= 0.6 is 15.9 Å². The second-order valence-electron chi connectivity index (χ2n) is 5.11. The van der Waals surface area contributed by atoms with Crippen molar-refractivity contribution in [2.75, 3.05) is 10.6 Å². The van der Waals surface area contributed by atoms with Gasteiger partial charge in [0, 0.05) is 16.6 Å². The summed E-state index contributed by atoms with van der Waals surface area (Å²) >= 11 is 3.34. The van der Waals surface area contributed by atoms with Gasteiger partial charge in [-0.15, -0.1) is 0 Å². The Labute approximate surface area is 135 Å². The zero-order valence-corrected chi connectivity index (χ0v) is 13.4. The van der Waals surface area contributed by atoms with E-state index in [1.54, 1.807) is 23.7 Å². The molecule has 1 aromatic heterocycles. The van der Waals surface area contributed by atoms with E-state index >= 15 is 0 Å². The molecule has 8 heteroatoms. The largest absolute Gasteiger partial charge is 0.326 e. The van der Waals surface area contributed by atoms with Crippen LogP contribution in [0.2, 0.25) is 0 Å². The van der Waals surface area contributed by atoms with Gasteiger partial charge in [-0.3, -0.25) is 14.9 Å². The maximum absolute atomic E-state index is 12.1. The number of carbonyl (C=O) groups is 2. The Balaban J connectivity index is 1.64. The van der Waals surface area contributed by atoms with Crippen molar-refractivity contribution in [2.45, 2.75) is 19.9 Å². The van der Waals surface area contributed by atoms with Crippen molar-refractivity contribution in [3.8, 4) is 0 Å². The molecule has 0 spiro atoms. The zero-order valence-electron chi connectivity index (χ0n) is 11.8. The highest BCUT2D eigenvalue weighted by molar-refractivity contribution is 9.10. The van der Waals surface area contributed by atoms with Gasteiger partial charge in [-0.25, -0.2) is 4.68 Å². The van der Waals surface area contributed by atoms with Gasteiger partial charge >= 0.3 is 0 Å². The summed E-state index contributed by atoms with van der Waals surface area (Å²) in [5.41, 5.74) is 0.696. The first kappa shape index (κ1) is 14.7. The van der Waals surface area contributed by atoms with E-state index in [0.29, 0.717) is 24.0 Å². The van der Waals surface area contributed by atoms with E-state index in [4.69, 9.17) is 0 Å². The first-order valence-electron chi connectivity index (χ1n) is 6.79. The lowest BCUT2D eigenvalue weighted by atomic mass is 10.0. The fourth-order valence-corrected chi connectivity index (χ4v) is 2.57. The minimum atomic E-state index is -0.455. The molecule has 2 amide bonds. The summed E-state index contributed by atoms with van der Waals surface area (Å²) in [6.07, 6.45) is 0.0975. The number of fused-ring (bicyclic) bond motifs is 1. The lowest BCUT2D eigenvalue weighted by Crippen LogP contribution is -2.36. The standard InChI is InChI=1S/C14H14BrN5O2/c1-8-16-14-18-13(22)9(7-20(14)19-8)6-12(21)17-11-4-2-10(15)3-5-11/h2-5,9H,6-7H2,1H3,(H,17,21)(H,16,18,19,22)/t9-/m1/s1. The van der Waals surface area contributed by atoms with E-state index in [1.807, 2.05) is 12.1 Å². The third-order valence-electron chi connectivity index (χ3n) is 3.34. The number of rotatable bonds is 3. The number of benzene rings is 1. The van der Waals surface area contributed by atoms with Crippen LogP contribution < -0.4 is 10.6 Å². The molecule has 2 aromatic rings. The van der Waals surface area contributed by atoms with Gasteiger partial charge in [0.2, 0.25) is 17.8 Å². The summed E-state index contributed by atoms with van der Waals surface area (Å²) in [7, 11) is 0. The number of nitrogens with one attached hydrogen (secondary N) is 2. The maximum atomic E-state index is 12.1. The van der Waals surface area contributed by atoms with E-state index in [0.717, 1.165) is 4.47 Å². The number of aryl methyl sites for hydroxylation is 1. The van der Waals surface area contributed by atoms with Gasteiger partial charge in [-0.2, -0.15) is 10.1 Å². The van der Waals surface area contributed by atoms with Gasteiger partial charge in [0.05, 0.1) is 12.5 Å².